The van der Waals surface area contributed by atoms with E-state index in [-0.39, 0.29) is 12.0 Å². The second-order valence-corrected chi connectivity index (χ2v) is 7.29. The molecule has 1 amide bonds. The van der Waals surface area contributed by atoms with Crippen molar-refractivity contribution in [3.05, 3.63) is 54.1 Å². The Balaban J connectivity index is 1.36. The molecular formula is C21H21N7O2. The van der Waals surface area contributed by atoms with E-state index in [0.29, 0.717) is 17.0 Å². The normalized spacial score (nSPS) is 15.0. The molecule has 0 saturated carbocycles. The predicted octanol–water partition coefficient (Wildman–Crippen LogP) is 2.67. The summed E-state index contributed by atoms with van der Waals surface area (Å²) < 4.78 is 7.04. The number of fused-ring (bicyclic) bond motifs is 3. The Labute approximate surface area is 172 Å². The van der Waals surface area contributed by atoms with Crippen LogP contribution in [0.4, 0.5) is 11.5 Å². The minimum atomic E-state index is 0.0454. The number of rotatable bonds is 4. The lowest BCUT2D eigenvalue weighted by Crippen LogP contribution is -2.40. The van der Waals surface area contributed by atoms with E-state index < -0.39 is 0 Å². The number of piperidine rings is 1. The van der Waals surface area contributed by atoms with E-state index in [9.17, 15) is 4.79 Å². The van der Waals surface area contributed by atoms with Gasteiger partial charge in [0.2, 0.25) is 5.65 Å². The summed E-state index contributed by atoms with van der Waals surface area (Å²) in [5, 5.41) is 15.2. The fourth-order valence-electron chi connectivity index (χ4n) is 3.80. The number of aromatic nitrogens is 5. The Bertz CT molecular complexity index is 1200. The van der Waals surface area contributed by atoms with Crippen molar-refractivity contribution >= 4 is 34.1 Å². The van der Waals surface area contributed by atoms with Crippen LogP contribution in [0.1, 0.15) is 23.2 Å². The number of likely N-dealkylation sites (tertiary alicyclic amines) is 1. The van der Waals surface area contributed by atoms with Gasteiger partial charge >= 0.3 is 0 Å². The summed E-state index contributed by atoms with van der Waals surface area (Å²) in [5.41, 5.74) is 3.62. The van der Waals surface area contributed by atoms with Crippen molar-refractivity contribution < 1.29 is 9.53 Å². The smallest absolute Gasteiger partial charge is 0.253 e. The summed E-state index contributed by atoms with van der Waals surface area (Å²) in [6, 6.07) is 15.1. The van der Waals surface area contributed by atoms with Gasteiger partial charge in [0.15, 0.2) is 5.82 Å². The van der Waals surface area contributed by atoms with Gasteiger partial charge in [-0.15, -0.1) is 5.10 Å². The maximum Gasteiger partial charge on any atom is 0.253 e. The number of nitrogens with one attached hydrogen (secondary N) is 1. The van der Waals surface area contributed by atoms with E-state index in [4.69, 9.17) is 4.74 Å². The summed E-state index contributed by atoms with van der Waals surface area (Å²) in [6.07, 6.45) is 1.99. The zero-order chi connectivity index (χ0) is 20.5. The second kappa shape index (κ2) is 7.68. The van der Waals surface area contributed by atoms with Crippen LogP contribution in [0.25, 0.3) is 16.7 Å². The summed E-state index contributed by atoms with van der Waals surface area (Å²) >= 11 is 0. The molecule has 0 radical (unpaired) electrons. The Hall–Kier alpha value is -3.59. The zero-order valence-electron chi connectivity index (χ0n) is 16.5. The highest BCUT2D eigenvalue weighted by atomic mass is 16.5. The number of ether oxygens (including phenoxy) is 1. The number of nitrogens with zero attached hydrogens (tertiary/aromatic N) is 6. The second-order valence-electron chi connectivity index (χ2n) is 7.29. The molecule has 3 heterocycles. The van der Waals surface area contributed by atoms with Gasteiger partial charge in [0.05, 0.1) is 17.1 Å². The van der Waals surface area contributed by atoms with Crippen molar-refractivity contribution in [1.29, 1.82) is 0 Å². The van der Waals surface area contributed by atoms with E-state index >= 15 is 0 Å². The van der Waals surface area contributed by atoms with Crippen LogP contribution in [0, 0.1) is 0 Å². The number of carbonyl (C=O) groups is 1. The van der Waals surface area contributed by atoms with Gasteiger partial charge in [0.1, 0.15) is 0 Å². The first kappa shape index (κ1) is 18.4. The first-order chi connectivity index (χ1) is 14.7. The van der Waals surface area contributed by atoms with Gasteiger partial charge in [0.25, 0.3) is 5.91 Å². The van der Waals surface area contributed by atoms with Crippen molar-refractivity contribution in [2.75, 3.05) is 25.5 Å². The van der Waals surface area contributed by atoms with Crippen LogP contribution in [0.2, 0.25) is 0 Å². The fourth-order valence-corrected chi connectivity index (χ4v) is 3.80. The molecule has 1 aliphatic rings. The molecule has 0 spiro atoms. The molecule has 0 aliphatic carbocycles. The molecule has 4 aromatic rings. The van der Waals surface area contributed by atoms with Crippen LogP contribution in [-0.4, -0.2) is 62.1 Å². The third-order valence-corrected chi connectivity index (χ3v) is 5.48. The standard InChI is InChI=1S/C21H21N7O2/c1-30-16-10-12-27(13-11-16)21(29)14-6-8-15(9-7-14)22-19-20-24-25-26-28(20)18-5-3-2-4-17(18)23-19/h2-9,16H,10-13H2,1H3,(H,22,23). The highest BCUT2D eigenvalue weighted by molar-refractivity contribution is 5.94. The van der Waals surface area contributed by atoms with E-state index in [1.54, 1.807) is 11.6 Å². The molecule has 0 atom stereocenters. The van der Waals surface area contributed by atoms with Gasteiger partial charge in [-0.3, -0.25) is 4.79 Å². The molecule has 1 aliphatic heterocycles. The number of hydrogen-bond donors (Lipinski definition) is 1. The van der Waals surface area contributed by atoms with Crippen LogP contribution < -0.4 is 5.32 Å². The van der Waals surface area contributed by atoms with Crippen LogP contribution in [-0.2, 0) is 4.74 Å². The van der Waals surface area contributed by atoms with Gasteiger partial charge in [-0.2, -0.15) is 4.52 Å². The molecule has 0 bridgehead atoms. The third kappa shape index (κ3) is 3.33. The summed E-state index contributed by atoms with van der Waals surface area (Å²) in [4.78, 5) is 19.3. The van der Waals surface area contributed by atoms with Gasteiger partial charge in [-0.05, 0) is 59.7 Å². The topological polar surface area (TPSA) is 97.5 Å². The van der Waals surface area contributed by atoms with Gasteiger partial charge in [-0.1, -0.05) is 12.1 Å². The lowest BCUT2D eigenvalue weighted by Gasteiger charge is -2.31. The van der Waals surface area contributed by atoms with Crippen LogP contribution in [0.5, 0.6) is 0 Å². The summed E-state index contributed by atoms with van der Waals surface area (Å²) in [7, 11) is 1.72. The molecule has 2 aromatic carbocycles. The van der Waals surface area contributed by atoms with Gasteiger partial charge in [-0.25, -0.2) is 4.98 Å². The van der Waals surface area contributed by atoms with Crippen molar-refractivity contribution in [1.82, 2.24) is 29.9 Å². The highest BCUT2D eigenvalue weighted by Crippen LogP contribution is 2.23. The molecule has 1 saturated heterocycles. The monoisotopic (exact) mass is 403 g/mol. The molecule has 1 N–H and O–H groups in total. The summed E-state index contributed by atoms with van der Waals surface area (Å²) in [5.74, 6) is 0.600. The van der Waals surface area contributed by atoms with Crippen molar-refractivity contribution in [3.8, 4) is 0 Å². The fraction of sp³-hybridized carbons (Fsp3) is 0.286. The minimum absolute atomic E-state index is 0.0454. The Morgan fingerprint density at radius 3 is 2.63 bits per heavy atom. The molecule has 5 rings (SSSR count). The number of anilines is 2. The number of tetrazole rings is 1. The number of hydrogen-bond acceptors (Lipinski definition) is 7. The maximum atomic E-state index is 12.8. The SMILES string of the molecule is COC1CCN(C(=O)c2ccc(Nc3nc4ccccc4n4nnnc34)cc2)CC1. The largest absolute Gasteiger partial charge is 0.381 e. The number of carbonyl (C=O) groups excluding carboxylic acids is 1. The average Bonchev–Trinajstić information content (AvgIpc) is 3.30. The lowest BCUT2D eigenvalue weighted by atomic mass is 10.1. The number of amides is 1. The van der Waals surface area contributed by atoms with Crippen LogP contribution in [0.15, 0.2) is 48.5 Å². The molecule has 0 unspecified atom stereocenters. The van der Waals surface area contributed by atoms with Gasteiger partial charge in [0, 0.05) is 31.5 Å². The predicted molar refractivity (Wildman–Crippen MR) is 112 cm³/mol. The van der Waals surface area contributed by atoms with Gasteiger partial charge < -0.3 is 15.0 Å². The number of benzene rings is 2. The Kier molecular flexibility index (Phi) is 4.72. The average molecular weight is 403 g/mol. The van der Waals surface area contributed by atoms with E-state index in [1.807, 2.05) is 53.4 Å². The third-order valence-electron chi connectivity index (χ3n) is 5.48. The molecule has 152 valence electrons. The van der Waals surface area contributed by atoms with E-state index in [2.05, 4.69) is 25.8 Å². The van der Waals surface area contributed by atoms with Crippen LogP contribution >= 0.6 is 0 Å². The summed E-state index contributed by atoms with van der Waals surface area (Å²) in [6.45, 7) is 1.44. The quantitative estimate of drug-likeness (QED) is 0.559. The number of methoxy groups -OCH3 is 1. The van der Waals surface area contributed by atoms with Crippen molar-refractivity contribution in [3.63, 3.8) is 0 Å². The maximum absolute atomic E-state index is 12.8. The Morgan fingerprint density at radius 1 is 1.10 bits per heavy atom. The first-order valence-electron chi connectivity index (χ1n) is 9.89. The Morgan fingerprint density at radius 2 is 1.87 bits per heavy atom. The van der Waals surface area contributed by atoms with Crippen LogP contribution in [0.3, 0.4) is 0 Å². The van der Waals surface area contributed by atoms with E-state index in [1.165, 1.54) is 0 Å². The minimum Gasteiger partial charge on any atom is -0.381 e. The molecule has 9 heteroatoms. The highest BCUT2D eigenvalue weighted by Gasteiger charge is 2.23. The zero-order valence-corrected chi connectivity index (χ0v) is 16.5. The van der Waals surface area contributed by atoms with E-state index in [0.717, 1.165) is 42.7 Å². The molecule has 9 nitrogen and oxygen atoms in total. The molecule has 30 heavy (non-hydrogen) atoms. The lowest BCUT2D eigenvalue weighted by molar-refractivity contribution is 0.0351. The van der Waals surface area contributed by atoms with Crippen molar-refractivity contribution in [2.24, 2.45) is 0 Å². The molecular weight excluding hydrogens is 382 g/mol. The molecule has 1 fully saturated rings. The number of para-hydroxylation sites is 2. The molecule has 2 aromatic heterocycles. The first-order valence-corrected chi connectivity index (χ1v) is 9.89. The van der Waals surface area contributed by atoms with Crippen molar-refractivity contribution in [2.45, 2.75) is 18.9 Å².